The van der Waals surface area contributed by atoms with Gasteiger partial charge in [0.15, 0.2) is 0 Å². The van der Waals surface area contributed by atoms with Gasteiger partial charge < -0.3 is 4.74 Å². The van der Waals surface area contributed by atoms with Crippen LogP contribution in [-0.4, -0.2) is 18.5 Å². The van der Waals surface area contributed by atoms with Gasteiger partial charge in [-0.05, 0) is 36.5 Å². The number of rotatable bonds is 3. The lowest BCUT2D eigenvalue weighted by Crippen LogP contribution is -2.43. The first-order valence-corrected chi connectivity index (χ1v) is 7.09. The second kappa shape index (κ2) is 4.72. The second-order valence-corrected chi connectivity index (χ2v) is 6.66. The van der Waals surface area contributed by atoms with Gasteiger partial charge in [0.1, 0.15) is 5.78 Å². The summed E-state index contributed by atoms with van der Waals surface area (Å²) in [4.78, 5) is 11.8. The van der Waals surface area contributed by atoms with E-state index in [-0.39, 0.29) is 11.3 Å². The van der Waals surface area contributed by atoms with Gasteiger partial charge in [-0.1, -0.05) is 27.7 Å². The summed E-state index contributed by atoms with van der Waals surface area (Å²) in [5.74, 6) is 1.87. The van der Waals surface area contributed by atoms with Gasteiger partial charge in [0, 0.05) is 18.9 Å². The molecule has 0 aromatic heterocycles. The standard InChI is InChI=1S/C15H26O2/c1-10(2)9-17-14-6-5-12-11(3)13(16)7-8-15(12,14)4/h10-12,14H,5-9H2,1-4H3/t11?,12?,14-,15-/m1/s1. The lowest BCUT2D eigenvalue weighted by atomic mass is 9.64. The van der Waals surface area contributed by atoms with E-state index in [1.165, 1.54) is 6.42 Å². The molecular formula is C15H26O2. The number of ketones is 1. The van der Waals surface area contributed by atoms with Crippen molar-refractivity contribution in [3.63, 3.8) is 0 Å². The minimum Gasteiger partial charge on any atom is -0.377 e. The van der Waals surface area contributed by atoms with Crippen LogP contribution in [0.4, 0.5) is 0 Å². The highest BCUT2D eigenvalue weighted by molar-refractivity contribution is 5.82. The average Bonchev–Trinajstić information content (AvgIpc) is 2.60. The molecule has 2 rings (SSSR count). The van der Waals surface area contributed by atoms with Crippen LogP contribution in [0.15, 0.2) is 0 Å². The number of hydrogen-bond acceptors (Lipinski definition) is 2. The van der Waals surface area contributed by atoms with Crippen LogP contribution in [0.2, 0.25) is 0 Å². The van der Waals surface area contributed by atoms with Crippen LogP contribution in [-0.2, 0) is 9.53 Å². The van der Waals surface area contributed by atoms with E-state index in [0.717, 1.165) is 25.9 Å². The second-order valence-electron chi connectivity index (χ2n) is 6.66. The van der Waals surface area contributed by atoms with Gasteiger partial charge in [-0.2, -0.15) is 0 Å². The average molecular weight is 238 g/mol. The van der Waals surface area contributed by atoms with Gasteiger partial charge in [-0.25, -0.2) is 0 Å². The highest BCUT2D eigenvalue weighted by atomic mass is 16.5. The summed E-state index contributed by atoms with van der Waals surface area (Å²) in [6.07, 6.45) is 4.49. The molecule has 2 fully saturated rings. The zero-order chi connectivity index (χ0) is 12.6. The van der Waals surface area contributed by atoms with Crippen molar-refractivity contribution < 1.29 is 9.53 Å². The molecule has 2 aliphatic rings. The molecule has 2 heteroatoms. The highest BCUT2D eigenvalue weighted by Crippen LogP contribution is 2.54. The Hall–Kier alpha value is -0.370. The fourth-order valence-electron chi connectivity index (χ4n) is 3.82. The van der Waals surface area contributed by atoms with Crippen LogP contribution in [0.1, 0.15) is 53.4 Å². The van der Waals surface area contributed by atoms with E-state index in [4.69, 9.17) is 4.74 Å². The van der Waals surface area contributed by atoms with Crippen molar-refractivity contribution in [3.8, 4) is 0 Å². The third-order valence-corrected chi connectivity index (χ3v) is 4.97. The van der Waals surface area contributed by atoms with E-state index in [2.05, 4.69) is 27.7 Å². The number of hydrogen-bond donors (Lipinski definition) is 0. The van der Waals surface area contributed by atoms with Crippen LogP contribution in [0.5, 0.6) is 0 Å². The van der Waals surface area contributed by atoms with E-state index >= 15 is 0 Å². The first kappa shape index (κ1) is 13.1. The van der Waals surface area contributed by atoms with Crippen LogP contribution in [0.25, 0.3) is 0 Å². The van der Waals surface area contributed by atoms with Gasteiger partial charge in [0.25, 0.3) is 0 Å². The predicted octanol–water partition coefficient (Wildman–Crippen LogP) is 3.44. The molecule has 4 atom stereocenters. The maximum Gasteiger partial charge on any atom is 0.136 e. The summed E-state index contributed by atoms with van der Waals surface area (Å²) in [6.45, 7) is 9.71. The van der Waals surface area contributed by atoms with E-state index < -0.39 is 0 Å². The predicted molar refractivity (Wildman–Crippen MR) is 68.8 cm³/mol. The molecule has 0 amide bonds. The fraction of sp³-hybridized carbons (Fsp3) is 0.933. The first-order chi connectivity index (χ1) is 7.95. The van der Waals surface area contributed by atoms with Crippen LogP contribution >= 0.6 is 0 Å². The zero-order valence-electron chi connectivity index (χ0n) is 11.7. The molecule has 0 aromatic rings. The highest BCUT2D eigenvalue weighted by Gasteiger charge is 2.52. The van der Waals surface area contributed by atoms with Crippen molar-refractivity contribution in [2.75, 3.05) is 6.61 Å². The fourth-order valence-corrected chi connectivity index (χ4v) is 3.82. The third-order valence-electron chi connectivity index (χ3n) is 4.97. The molecule has 98 valence electrons. The summed E-state index contributed by atoms with van der Waals surface area (Å²) in [5, 5.41) is 0. The van der Waals surface area contributed by atoms with Crippen LogP contribution in [0, 0.1) is 23.2 Å². The summed E-state index contributed by atoms with van der Waals surface area (Å²) >= 11 is 0. The molecule has 0 spiro atoms. The van der Waals surface area contributed by atoms with E-state index in [1.54, 1.807) is 0 Å². The number of fused-ring (bicyclic) bond motifs is 1. The SMILES string of the molecule is CC(C)CO[C@@H]1CCC2C(C)C(=O)CC[C@]21C. The van der Waals surface area contributed by atoms with Crippen molar-refractivity contribution in [2.45, 2.75) is 59.5 Å². The lowest BCUT2D eigenvalue weighted by molar-refractivity contribution is -0.133. The molecule has 0 heterocycles. The molecular weight excluding hydrogens is 212 g/mol. The van der Waals surface area contributed by atoms with Crippen LogP contribution < -0.4 is 0 Å². The molecule has 0 saturated heterocycles. The number of Topliss-reactive ketones (excluding diaryl/α,β-unsaturated/α-hetero) is 1. The Morgan fingerprint density at radius 2 is 2.12 bits per heavy atom. The lowest BCUT2D eigenvalue weighted by Gasteiger charge is -2.43. The summed E-state index contributed by atoms with van der Waals surface area (Å²) in [7, 11) is 0. The number of ether oxygens (including phenoxy) is 1. The first-order valence-electron chi connectivity index (χ1n) is 7.09. The molecule has 0 N–H and O–H groups in total. The Morgan fingerprint density at radius 3 is 2.76 bits per heavy atom. The summed E-state index contributed by atoms with van der Waals surface area (Å²) in [6, 6.07) is 0. The Labute approximate surface area is 105 Å². The van der Waals surface area contributed by atoms with Crippen molar-refractivity contribution in [3.05, 3.63) is 0 Å². The Bertz CT molecular complexity index is 297. The summed E-state index contributed by atoms with van der Waals surface area (Å²) < 4.78 is 6.11. The van der Waals surface area contributed by atoms with Gasteiger partial charge in [-0.15, -0.1) is 0 Å². The Morgan fingerprint density at radius 1 is 1.41 bits per heavy atom. The normalized spacial score (nSPS) is 41.9. The van der Waals surface area contributed by atoms with E-state index in [1.807, 2.05) is 0 Å². The molecule has 2 aliphatic carbocycles. The van der Waals surface area contributed by atoms with Gasteiger partial charge in [0.05, 0.1) is 6.10 Å². The molecule has 17 heavy (non-hydrogen) atoms. The maximum absolute atomic E-state index is 11.8. The zero-order valence-corrected chi connectivity index (χ0v) is 11.7. The third kappa shape index (κ3) is 2.29. The topological polar surface area (TPSA) is 26.3 Å². The van der Waals surface area contributed by atoms with Crippen molar-refractivity contribution in [2.24, 2.45) is 23.2 Å². The molecule has 2 nitrogen and oxygen atoms in total. The minimum atomic E-state index is 0.251. The Kier molecular flexibility index (Phi) is 3.63. The minimum absolute atomic E-state index is 0.251. The molecule has 0 aliphatic heterocycles. The maximum atomic E-state index is 11.8. The molecule has 2 saturated carbocycles. The van der Waals surface area contributed by atoms with Crippen molar-refractivity contribution in [1.82, 2.24) is 0 Å². The number of carbonyl (C=O) groups is 1. The largest absolute Gasteiger partial charge is 0.377 e. The smallest absolute Gasteiger partial charge is 0.136 e. The monoisotopic (exact) mass is 238 g/mol. The van der Waals surface area contributed by atoms with Gasteiger partial charge in [0.2, 0.25) is 0 Å². The van der Waals surface area contributed by atoms with Crippen molar-refractivity contribution in [1.29, 1.82) is 0 Å². The molecule has 0 bridgehead atoms. The van der Waals surface area contributed by atoms with Crippen molar-refractivity contribution >= 4 is 5.78 Å². The van der Waals surface area contributed by atoms with Gasteiger partial charge >= 0.3 is 0 Å². The van der Waals surface area contributed by atoms with E-state index in [0.29, 0.717) is 23.7 Å². The van der Waals surface area contributed by atoms with Crippen LogP contribution in [0.3, 0.4) is 0 Å². The quantitative estimate of drug-likeness (QED) is 0.753. The number of carbonyl (C=O) groups excluding carboxylic acids is 1. The molecule has 0 aromatic carbocycles. The van der Waals surface area contributed by atoms with E-state index in [9.17, 15) is 4.79 Å². The molecule has 2 unspecified atom stereocenters. The summed E-state index contributed by atoms with van der Waals surface area (Å²) in [5.41, 5.74) is 0.252. The Balaban J connectivity index is 2.06. The molecule has 0 radical (unpaired) electrons. The van der Waals surface area contributed by atoms with Gasteiger partial charge in [-0.3, -0.25) is 4.79 Å².